The Morgan fingerprint density at radius 3 is 1.57 bits per heavy atom. The largest absolute Gasteiger partial charge is 0.437 e. The average Bonchev–Trinajstić information content (AvgIpc) is 3.74. The Kier molecular flexibility index (Phi) is 6.97. The van der Waals surface area contributed by atoms with Gasteiger partial charge < -0.3 is 8.98 Å². The van der Waals surface area contributed by atoms with Crippen molar-refractivity contribution in [2.45, 2.75) is 0 Å². The van der Waals surface area contributed by atoms with Crippen molar-refractivity contribution in [1.29, 1.82) is 0 Å². The predicted octanol–water partition coefficient (Wildman–Crippen LogP) is 11.6. The lowest BCUT2D eigenvalue weighted by atomic mass is 9.89. The minimum Gasteiger partial charge on any atom is -0.437 e. The average molecular weight is 591 g/mol. The van der Waals surface area contributed by atoms with E-state index in [1.165, 1.54) is 49.6 Å². The first kappa shape index (κ1) is 27.4. The second-order valence-electron chi connectivity index (χ2n) is 11.2. The number of allylic oxidation sites excluding steroid dienone is 2. The molecule has 0 spiro atoms. The first-order valence-electron chi connectivity index (χ1n) is 15.4. The molecule has 0 unspecified atom stereocenters. The van der Waals surface area contributed by atoms with Gasteiger partial charge in [0.15, 0.2) is 0 Å². The lowest BCUT2D eigenvalue weighted by Gasteiger charge is -2.15. The molecule has 0 saturated carbocycles. The number of para-hydroxylation sites is 2. The third kappa shape index (κ3) is 4.85. The summed E-state index contributed by atoms with van der Waals surface area (Å²) in [5, 5.41) is 2.53. The fourth-order valence-corrected chi connectivity index (χ4v) is 6.38. The topological polar surface area (TPSA) is 31.0 Å². The molecule has 0 amide bonds. The van der Waals surface area contributed by atoms with E-state index in [1.54, 1.807) is 12.3 Å². The molecule has 3 nitrogen and oxygen atoms in total. The highest BCUT2D eigenvalue weighted by molar-refractivity contribution is 6.09. The van der Waals surface area contributed by atoms with Gasteiger partial charge in [-0.15, -0.1) is 0 Å². The van der Waals surface area contributed by atoms with Crippen LogP contribution in [0.3, 0.4) is 0 Å². The third-order valence-electron chi connectivity index (χ3n) is 8.52. The molecular formula is C43H30N2O. The van der Waals surface area contributed by atoms with Gasteiger partial charge in [0.2, 0.25) is 5.89 Å². The Balaban J connectivity index is 1.15. The molecule has 46 heavy (non-hydrogen) atoms. The smallest absolute Gasteiger partial charge is 0.226 e. The van der Waals surface area contributed by atoms with Crippen LogP contribution in [0.5, 0.6) is 0 Å². The maximum absolute atomic E-state index is 5.90. The fourth-order valence-electron chi connectivity index (χ4n) is 6.38. The Hall–Kier alpha value is -6.19. The Labute approximate surface area is 268 Å². The lowest BCUT2D eigenvalue weighted by Crippen LogP contribution is -1.94. The maximum Gasteiger partial charge on any atom is 0.226 e. The van der Waals surface area contributed by atoms with E-state index in [1.807, 2.05) is 12.2 Å². The number of fused-ring (bicyclic) bond motifs is 3. The summed E-state index contributed by atoms with van der Waals surface area (Å²) < 4.78 is 8.26. The quantitative estimate of drug-likeness (QED) is 0.173. The fraction of sp³-hybridized carbons (Fsp3) is 0. The summed E-state index contributed by atoms with van der Waals surface area (Å²) in [5.74, 6) is 1.29. The van der Waals surface area contributed by atoms with Crippen LogP contribution in [0.2, 0.25) is 0 Å². The molecular weight excluding hydrogens is 560 g/mol. The summed E-state index contributed by atoms with van der Waals surface area (Å²) in [6.45, 7) is 3.71. The van der Waals surface area contributed by atoms with E-state index >= 15 is 0 Å². The van der Waals surface area contributed by atoms with Gasteiger partial charge in [-0.3, -0.25) is 0 Å². The van der Waals surface area contributed by atoms with Crippen molar-refractivity contribution in [3.63, 3.8) is 0 Å². The third-order valence-corrected chi connectivity index (χ3v) is 8.52. The van der Waals surface area contributed by atoms with Gasteiger partial charge in [-0.25, -0.2) is 4.98 Å². The van der Waals surface area contributed by atoms with Crippen molar-refractivity contribution in [2.24, 2.45) is 0 Å². The number of nitrogens with zero attached hydrogens (tertiary/aromatic N) is 2. The monoisotopic (exact) mass is 590 g/mol. The van der Waals surface area contributed by atoms with Gasteiger partial charge in [0.05, 0.1) is 17.2 Å². The van der Waals surface area contributed by atoms with Crippen LogP contribution in [0, 0.1) is 0 Å². The number of rotatable bonds is 7. The maximum atomic E-state index is 5.90. The second-order valence-corrected chi connectivity index (χ2v) is 11.2. The Morgan fingerprint density at radius 2 is 1.00 bits per heavy atom. The minimum atomic E-state index is 0.596. The van der Waals surface area contributed by atoms with Crippen LogP contribution in [0.25, 0.3) is 78.4 Å². The molecule has 0 aliphatic carbocycles. The van der Waals surface area contributed by atoms with Crippen LogP contribution in [0.15, 0.2) is 175 Å². The van der Waals surface area contributed by atoms with E-state index in [2.05, 4.69) is 162 Å². The molecule has 2 aromatic heterocycles. The number of oxazole rings is 1. The number of hydrogen-bond donors (Lipinski definition) is 0. The SMILES string of the molecule is C=C/C=C\c1cnc(-c2ccc(-c3ccccc3-c3ccccc3-c3ccc(-n4c5ccccc5c5ccccc54)cc3)cc2)o1. The molecule has 0 aliphatic heterocycles. The zero-order valence-corrected chi connectivity index (χ0v) is 25.2. The van der Waals surface area contributed by atoms with Gasteiger partial charge in [-0.1, -0.05) is 128 Å². The normalized spacial score (nSPS) is 11.5. The van der Waals surface area contributed by atoms with Crippen molar-refractivity contribution < 1.29 is 4.42 Å². The molecule has 0 atom stereocenters. The lowest BCUT2D eigenvalue weighted by molar-refractivity contribution is 0.564. The number of hydrogen-bond acceptors (Lipinski definition) is 2. The molecule has 8 rings (SSSR count). The summed E-state index contributed by atoms with van der Waals surface area (Å²) in [6.07, 6.45) is 7.13. The van der Waals surface area contributed by atoms with Crippen molar-refractivity contribution >= 4 is 27.9 Å². The molecule has 0 fully saturated rings. The highest BCUT2D eigenvalue weighted by Gasteiger charge is 2.15. The zero-order valence-electron chi connectivity index (χ0n) is 25.2. The summed E-state index contributed by atoms with van der Waals surface area (Å²) in [5.41, 5.74) is 11.6. The van der Waals surface area contributed by atoms with Gasteiger partial charge in [-0.05, 0) is 75.9 Å². The van der Waals surface area contributed by atoms with Crippen LogP contribution < -0.4 is 0 Å². The summed E-state index contributed by atoms with van der Waals surface area (Å²) in [6, 6.07) is 51.9. The highest BCUT2D eigenvalue weighted by atomic mass is 16.4. The van der Waals surface area contributed by atoms with Crippen LogP contribution >= 0.6 is 0 Å². The van der Waals surface area contributed by atoms with E-state index in [4.69, 9.17) is 4.42 Å². The van der Waals surface area contributed by atoms with Gasteiger partial charge in [0.25, 0.3) is 0 Å². The van der Waals surface area contributed by atoms with Crippen LogP contribution in [0.4, 0.5) is 0 Å². The van der Waals surface area contributed by atoms with Gasteiger partial charge in [-0.2, -0.15) is 0 Å². The second kappa shape index (κ2) is 11.7. The van der Waals surface area contributed by atoms with Crippen molar-refractivity contribution in [1.82, 2.24) is 9.55 Å². The minimum absolute atomic E-state index is 0.596. The molecule has 2 heterocycles. The van der Waals surface area contributed by atoms with E-state index in [0.717, 1.165) is 16.8 Å². The highest BCUT2D eigenvalue weighted by Crippen LogP contribution is 2.39. The number of benzene rings is 6. The van der Waals surface area contributed by atoms with Crippen LogP contribution in [-0.4, -0.2) is 9.55 Å². The summed E-state index contributed by atoms with van der Waals surface area (Å²) in [4.78, 5) is 4.45. The van der Waals surface area contributed by atoms with E-state index in [9.17, 15) is 0 Å². The van der Waals surface area contributed by atoms with Crippen molar-refractivity contribution in [2.75, 3.05) is 0 Å². The summed E-state index contributed by atoms with van der Waals surface area (Å²) >= 11 is 0. The molecule has 0 N–H and O–H groups in total. The molecule has 218 valence electrons. The van der Waals surface area contributed by atoms with Crippen molar-refractivity contribution in [3.05, 3.63) is 176 Å². The van der Waals surface area contributed by atoms with E-state index in [-0.39, 0.29) is 0 Å². The molecule has 0 radical (unpaired) electrons. The van der Waals surface area contributed by atoms with Crippen LogP contribution in [-0.2, 0) is 0 Å². The molecule has 6 aromatic carbocycles. The number of aromatic nitrogens is 2. The molecule has 0 aliphatic rings. The van der Waals surface area contributed by atoms with E-state index in [0.29, 0.717) is 11.7 Å². The Bertz CT molecular complexity index is 2320. The van der Waals surface area contributed by atoms with Crippen molar-refractivity contribution in [3.8, 4) is 50.5 Å². The van der Waals surface area contributed by atoms with Crippen LogP contribution in [0.1, 0.15) is 5.76 Å². The standard InChI is InChI=1S/C43H30N2O/c1-2-3-12-34-29-44-43(46-34)32-23-21-30(22-24-32)35-13-4-6-15-37(35)38-16-7-5-14-36(38)31-25-27-33(28-26-31)45-41-19-10-8-17-39(41)40-18-9-11-20-42(40)45/h2-29H,1H2/b12-3-. The molecule has 0 bridgehead atoms. The molecule has 8 aromatic rings. The van der Waals surface area contributed by atoms with E-state index < -0.39 is 0 Å². The molecule has 3 heteroatoms. The first-order valence-corrected chi connectivity index (χ1v) is 15.4. The predicted molar refractivity (Wildman–Crippen MR) is 192 cm³/mol. The zero-order chi connectivity index (χ0) is 30.9. The Morgan fingerprint density at radius 1 is 0.522 bits per heavy atom. The molecule has 0 saturated heterocycles. The van der Waals surface area contributed by atoms with Gasteiger partial charge in [0.1, 0.15) is 5.76 Å². The van der Waals surface area contributed by atoms with Gasteiger partial charge in [0, 0.05) is 22.0 Å². The first-order chi connectivity index (χ1) is 22.8. The summed E-state index contributed by atoms with van der Waals surface area (Å²) in [7, 11) is 0. The van der Waals surface area contributed by atoms with Gasteiger partial charge >= 0.3 is 0 Å².